The van der Waals surface area contributed by atoms with Crippen LogP contribution in [-0.4, -0.2) is 30.3 Å². The van der Waals surface area contributed by atoms with Gasteiger partial charge in [0.15, 0.2) is 11.5 Å². The van der Waals surface area contributed by atoms with E-state index in [1.54, 1.807) is 32.4 Å². The molecule has 0 aliphatic rings. The first-order valence-corrected chi connectivity index (χ1v) is 7.65. The van der Waals surface area contributed by atoms with E-state index >= 15 is 0 Å². The summed E-state index contributed by atoms with van der Waals surface area (Å²) in [6, 6.07) is 14.3. The lowest BCUT2D eigenvalue weighted by Crippen LogP contribution is -1.95. The van der Waals surface area contributed by atoms with Crippen LogP contribution in [0, 0.1) is 0 Å². The van der Waals surface area contributed by atoms with Gasteiger partial charge in [0, 0.05) is 5.39 Å². The summed E-state index contributed by atoms with van der Waals surface area (Å²) in [5.74, 6) is 0.398. The number of rotatable bonds is 5. The molecule has 126 valence electrons. The second-order valence-electron chi connectivity index (χ2n) is 5.40. The molecule has 0 radical (unpaired) electrons. The minimum Gasteiger partial charge on any atom is -0.493 e. The Kier molecular flexibility index (Phi) is 4.66. The average Bonchev–Trinajstić information content (AvgIpc) is 2.65. The average molecular weight is 335 g/mol. The summed E-state index contributed by atoms with van der Waals surface area (Å²) in [5.41, 5.74) is 2.74. The second-order valence-corrected chi connectivity index (χ2v) is 5.40. The normalized spacial score (nSPS) is 11.0. The third kappa shape index (κ3) is 3.61. The van der Waals surface area contributed by atoms with E-state index in [1.807, 2.05) is 42.5 Å². The molecule has 3 aromatic rings. The van der Waals surface area contributed by atoms with Gasteiger partial charge < -0.3 is 14.6 Å². The van der Waals surface area contributed by atoms with Crippen molar-refractivity contribution in [2.75, 3.05) is 14.2 Å². The first-order valence-electron chi connectivity index (χ1n) is 7.65. The fraction of sp³-hybridized carbons (Fsp3) is 0.100. The highest BCUT2D eigenvalue weighted by molar-refractivity contribution is 5.93. The molecule has 25 heavy (non-hydrogen) atoms. The van der Waals surface area contributed by atoms with E-state index in [0.29, 0.717) is 11.5 Å². The van der Waals surface area contributed by atoms with Crippen LogP contribution in [0.1, 0.15) is 21.6 Å². The smallest absolute Gasteiger partial charge is 0.335 e. The molecule has 5 nitrogen and oxygen atoms in total. The van der Waals surface area contributed by atoms with Gasteiger partial charge in [-0.05, 0) is 48.0 Å². The lowest BCUT2D eigenvalue weighted by Gasteiger charge is -2.07. The molecular formula is C20H17NO4. The van der Waals surface area contributed by atoms with Crippen LogP contribution in [0.25, 0.3) is 23.1 Å². The maximum Gasteiger partial charge on any atom is 0.335 e. The second kappa shape index (κ2) is 7.05. The summed E-state index contributed by atoms with van der Waals surface area (Å²) in [5, 5.41) is 9.83. The van der Waals surface area contributed by atoms with Gasteiger partial charge >= 0.3 is 5.97 Å². The lowest BCUT2D eigenvalue weighted by molar-refractivity contribution is 0.0697. The minimum atomic E-state index is -0.945. The SMILES string of the molecule is COc1ccc(C=Cc2ccc3cc(C(=O)O)ccc3n2)cc1OC. The summed E-state index contributed by atoms with van der Waals surface area (Å²) < 4.78 is 10.5. The van der Waals surface area contributed by atoms with Gasteiger partial charge in [-0.25, -0.2) is 9.78 Å². The number of pyridine rings is 1. The Morgan fingerprint density at radius 2 is 1.76 bits per heavy atom. The van der Waals surface area contributed by atoms with Crippen molar-refractivity contribution in [3.8, 4) is 11.5 Å². The topological polar surface area (TPSA) is 68.7 Å². The number of fused-ring (bicyclic) bond motifs is 1. The summed E-state index contributed by atoms with van der Waals surface area (Å²) in [4.78, 5) is 15.5. The van der Waals surface area contributed by atoms with Crippen molar-refractivity contribution in [1.29, 1.82) is 0 Å². The predicted octanol–water partition coefficient (Wildman–Crippen LogP) is 4.12. The van der Waals surface area contributed by atoms with Crippen LogP contribution in [-0.2, 0) is 0 Å². The van der Waals surface area contributed by atoms with Gasteiger partial charge in [-0.15, -0.1) is 0 Å². The molecule has 0 fully saturated rings. The number of carboxylic acids is 1. The van der Waals surface area contributed by atoms with Crippen molar-refractivity contribution in [3.05, 3.63) is 65.4 Å². The molecule has 0 aliphatic heterocycles. The lowest BCUT2D eigenvalue weighted by atomic mass is 10.1. The van der Waals surface area contributed by atoms with E-state index in [-0.39, 0.29) is 5.56 Å². The molecule has 0 unspecified atom stereocenters. The molecule has 2 aromatic carbocycles. The predicted molar refractivity (Wildman–Crippen MR) is 97.2 cm³/mol. The summed E-state index contributed by atoms with van der Waals surface area (Å²) in [6.07, 6.45) is 3.83. The number of methoxy groups -OCH3 is 2. The molecule has 0 spiro atoms. The summed E-state index contributed by atoms with van der Waals surface area (Å²) in [7, 11) is 3.20. The number of aromatic carboxylic acids is 1. The monoisotopic (exact) mass is 335 g/mol. The molecule has 0 amide bonds. The third-order valence-electron chi connectivity index (χ3n) is 3.81. The van der Waals surface area contributed by atoms with Gasteiger partial charge in [-0.1, -0.05) is 18.2 Å². The standard InChI is InChI=1S/C20H17NO4/c1-24-18-10-4-13(11-19(18)25-2)3-7-16-8-5-14-12-15(20(22)23)6-9-17(14)21-16/h3-12H,1-2H3,(H,22,23). The molecule has 0 saturated heterocycles. The zero-order valence-electron chi connectivity index (χ0n) is 13.9. The minimum absolute atomic E-state index is 0.253. The Morgan fingerprint density at radius 3 is 2.48 bits per heavy atom. The van der Waals surface area contributed by atoms with Crippen molar-refractivity contribution < 1.29 is 19.4 Å². The molecule has 0 saturated carbocycles. The van der Waals surface area contributed by atoms with E-state index in [0.717, 1.165) is 22.2 Å². The van der Waals surface area contributed by atoms with Crippen LogP contribution in [0.3, 0.4) is 0 Å². The number of carboxylic acid groups (broad SMARTS) is 1. The zero-order chi connectivity index (χ0) is 17.8. The Morgan fingerprint density at radius 1 is 0.960 bits per heavy atom. The van der Waals surface area contributed by atoms with Crippen LogP contribution in [0.5, 0.6) is 11.5 Å². The van der Waals surface area contributed by atoms with Crippen LogP contribution >= 0.6 is 0 Å². The molecule has 1 aromatic heterocycles. The highest BCUT2D eigenvalue weighted by Crippen LogP contribution is 2.28. The third-order valence-corrected chi connectivity index (χ3v) is 3.81. The van der Waals surface area contributed by atoms with Gasteiger partial charge in [0.25, 0.3) is 0 Å². The van der Waals surface area contributed by atoms with Crippen LogP contribution in [0.2, 0.25) is 0 Å². The molecule has 5 heteroatoms. The number of aromatic nitrogens is 1. The number of carbonyl (C=O) groups is 1. The van der Waals surface area contributed by atoms with E-state index in [4.69, 9.17) is 14.6 Å². The highest BCUT2D eigenvalue weighted by Gasteiger charge is 2.05. The quantitative estimate of drug-likeness (QED) is 0.759. The van der Waals surface area contributed by atoms with Crippen LogP contribution < -0.4 is 9.47 Å². The fourth-order valence-corrected chi connectivity index (χ4v) is 2.51. The van der Waals surface area contributed by atoms with Crippen molar-refractivity contribution in [3.63, 3.8) is 0 Å². The Labute approximate surface area is 145 Å². The Balaban J connectivity index is 1.88. The maximum atomic E-state index is 11.0. The van der Waals surface area contributed by atoms with Gasteiger partial charge in [-0.3, -0.25) is 0 Å². The summed E-state index contributed by atoms with van der Waals surface area (Å²) >= 11 is 0. The van der Waals surface area contributed by atoms with E-state index < -0.39 is 5.97 Å². The Hall–Kier alpha value is -3.34. The first kappa shape index (κ1) is 16.5. The zero-order valence-corrected chi connectivity index (χ0v) is 13.9. The van der Waals surface area contributed by atoms with Crippen molar-refractivity contribution >= 4 is 29.0 Å². The molecule has 0 aliphatic carbocycles. The van der Waals surface area contributed by atoms with Gasteiger partial charge in [0.2, 0.25) is 0 Å². The van der Waals surface area contributed by atoms with Crippen LogP contribution in [0.4, 0.5) is 0 Å². The largest absolute Gasteiger partial charge is 0.493 e. The van der Waals surface area contributed by atoms with Crippen LogP contribution in [0.15, 0.2) is 48.5 Å². The molecular weight excluding hydrogens is 318 g/mol. The van der Waals surface area contributed by atoms with Gasteiger partial charge in [0.1, 0.15) is 0 Å². The van der Waals surface area contributed by atoms with E-state index in [9.17, 15) is 4.79 Å². The van der Waals surface area contributed by atoms with E-state index in [2.05, 4.69) is 4.98 Å². The number of nitrogens with zero attached hydrogens (tertiary/aromatic N) is 1. The highest BCUT2D eigenvalue weighted by atomic mass is 16.5. The molecule has 1 heterocycles. The van der Waals surface area contributed by atoms with Gasteiger partial charge in [0.05, 0.1) is 31.0 Å². The first-order chi connectivity index (χ1) is 12.1. The molecule has 3 rings (SSSR count). The fourth-order valence-electron chi connectivity index (χ4n) is 2.51. The van der Waals surface area contributed by atoms with Crippen molar-refractivity contribution in [1.82, 2.24) is 4.98 Å². The molecule has 1 N–H and O–H groups in total. The molecule has 0 atom stereocenters. The van der Waals surface area contributed by atoms with E-state index in [1.165, 1.54) is 0 Å². The van der Waals surface area contributed by atoms with Crippen molar-refractivity contribution in [2.45, 2.75) is 0 Å². The van der Waals surface area contributed by atoms with Crippen molar-refractivity contribution in [2.24, 2.45) is 0 Å². The summed E-state index contributed by atoms with van der Waals surface area (Å²) in [6.45, 7) is 0. The maximum absolute atomic E-state index is 11.0. The number of benzene rings is 2. The molecule has 0 bridgehead atoms. The number of hydrogen-bond donors (Lipinski definition) is 1. The number of hydrogen-bond acceptors (Lipinski definition) is 4. The Bertz CT molecular complexity index is 963. The number of ether oxygens (including phenoxy) is 2. The van der Waals surface area contributed by atoms with Gasteiger partial charge in [-0.2, -0.15) is 0 Å².